The quantitative estimate of drug-likeness (QED) is 0.207. The molecule has 7 nitrogen and oxygen atoms in total. The van der Waals surface area contributed by atoms with Gasteiger partial charge in [-0.15, -0.1) is 5.53 Å². The van der Waals surface area contributed by atoms with E-state index in [0.29, 0.717) is 19.4 Å². The SMILES string of the molecule is CN(CCCC[C@@H](N)C(=O)O)N=[N+]=[N-]. The number of carboxylic acids is 1. The van der Waals surface area contributed by atoms with Crippen molar-refractivity contribution >= 4 is 5.97 Å². The fraction of sp³-hybridized carbons (Fsp3) is 0.857. The summed E-state index contributed by atoms with van der Waals surface area (Å²) < 4.78 is 0. The van der Waals surface area contributed by atoms with Crippen LogP contribution in [0, 0.1) is 0 Å². The molecule has 7 heteroatoms. The van der Waals surface area contributed by atoms with E-state index >= 15 is 0 Å². The molecule has 0 radical (unpaired) electrons. The van der Waals surface area contributed by atoms with E-state index in [2.05, 4.69) is 10.1 Å². The number of aliphatic carboxylic acids is 1. The van der Waals surface area contributed by atoms with Gasteiger partial charge in [-0.3, -0.25) is 9.80 Å². The highest BCUT2D eigenvalue weighted by molar-refractivity contribution is 5.72. The van der Waals surface area contributed by atoms with Gasteiger partial charge in [-0.25, -0.2) is 0 Å². The molecule has 1 atom stereocenters. The van der Waals surface area contributed by atoms with Crippen LogP contribution in [-0.2, 0) is 4.79 Å². The van der Waals surface area contributed by atoms with Crippen LogP contribution in [0.15, 0.2) is 5.22 Å². The molecule has 0 rings (SSSR count). The maximum atomic E-state index is 10.3. The van der Waals surface area contributed by atoms with Crippen molar-refractivity contribution in [3.05, 3.63) is 10.4 Å². The molecular formula is C7H15N5O2. The molecule has 0 fully saturated rings. The van der Waals surface area contributed by atoms with Gasteiger partial charge >= 0.3 is 5.97 Å². The summed E-state index contributed by atoms with van der Waals surface area (Å²) in [5.41, 5.74) is 13.4. The number of unbranched alkanes of at least 4 members (excludes halogenated alkanes) is 1. The average molecular weight is 201 g/mol. The van der Waals surface area contributed by atoms with Crippen LogP contribution in [0.3, 0.4) is 0 Å². The van der Waals surface area contributed by atoms with Gasteiger partial charge in [-0.1, -0.05) is 0 Å². The Hall–Kier alpha value is -1.46. The number of rotatable bonds is 7. The second-order valence-corrected chi connectivity index (χ2v) is 3.00. The Morgan fingerprint density at radius 3 is 2.86 bits per heavy atom. The predicted octanol–water partition coefficient (Wildman–Crippen LogP) is 0.726. The maximum absolute atomic E-state index is 10.3. The highest BCUT2D eigenvalue weighted by atomic mass is 16.4. The molecule has 0 unspecified atom stereocenters. The first kappa shape index (κ1) is 12.5. The topological polar surface area (TPSA) is 115 Å². The first-order valence-corrected chi connectivity index (χ1v) is 4.32. The number of carbonyl (C=O) groups is 1. The summed E-state index contributed by atoms with van der Waals surface area (Å²) in [6.45, 7) is 0.608. The van der Waals surface area contributed by atoms with E-state index < -0.39 is 12.0 Å². The maximum Gasteiger partial charge on any atom is 0.320 e. The fourth-order valence-electron chi connectivity index (χ4n) is 0.941. The molecule has 0 bridgehead atoms. The Morgan fingerprint density at radius 2 is 2.36 bits per heavy atom. The minimum Gasteiger partial charge on any atom is -0.480 e. The third-order valence-corrected chi connectivity index (χ3v) is 1.76. The number of carboxylic acid groups (broad SMARTS) is 1. The molecule has 0 spiro atoms. The Balaban J connectivity index is 3.46. The Labute approximate surface area is 82.1 Å². The minimum absolute atomic E-state index is 0.444. The van der Waals surface area contributed by atoms with Gasteiger partial charge in [0.25, 0.3) is 0 Å². The number of nitrogens with two attached hydrogens (primary N) is 1. The minimum atomic E-state index is -0.978. The molecule has 0 aliphatic carbocycles. The van der Waals surface area contributed by atoms with Crippen LogP contribution in [0.5, 0.6) is 0 Å². The third kappa shape index (κ3) is 6.10. The van der Waals surface area contributed by atoms with E-state index in [1.807, 2.05) is 0 Å². The highest BCUT2D eigenvalue weighted by Crippen LogP contribution is 2.00. The first-order chi connectivity index (χ1) is 6.57. The Morgan fingerprint density at radius 1 is 1.71 bits per heavy atom. The van der Waals surface area contributed by atoms with Crippen LogP contribution in [0.25, 0.3) is 10.4 Å². The third-order valence-electron chi connectivity index (χ3n) is 1.76. The van der Waals surface area contributed by atoms with Crippen molar-refractivity contribution in [3.8, 4) is 0 Å². The largest absolute Gasteiger partial charge is 0.480 e. The number of hydrogen-bond acceptors (Lipinski definition) is 3. The molecular weight excluding hydrogens is 186 g/mol. The monoisotopic (exact) mass is 201 g/mol. The van der Waals surface area contributed by atoms with Crippen molar-refractivity contribution in [2.75, 3.05) is 13.6 Å². The number of azide groups is 1. The Bertz CT molecular complexity index is 216. The lowest BCUT2D eigenvalue weighted by Crippen LogP contribution is -2.30. The molecule has 14 heavy (non-hydrogen) atoms. The second kappa shape index (κ2) is 6.99. The molecule has 0 aromatic carbocycles. The van der Waals surface area contributed by atoms with Crippen molar-refractivity contribution in [2.24, 2.45) is 11.0 Å². The van der Waals surface area contributed by atoms with Gasteiger partial charge in [0.1, 0.15) is 6.04 Å². The standard InChI is InChI=1S/C7H15N5O2/c1-12(11-10-9)5-3-2-4-6(8)7(13)14/h6H,2-5,8H2,1H3,(H,13,14)/t6-/m1/s1. The second-order valence-electron chi connectivity index (χ2n) is 3.00. The molecule has 0 aliphatic heterocycles. The van der Waals surface area contributed by atoms with Crippen LogP contribution in [-0.4, -0.2) is 35.7 Å². The van der Waals surface area contributed by atoms with E-state index in [-0.39, 0.29) is 0 Å². The van der Waals surface area contributed by atoms with E-state index in [9.17, 15) is 4.79 Å². The lowest BCUT2D eigenvalue weighted by molar-refractivity contribution is -0.138. The van der Waals surface area contributed by atoms with Gasteiger partial charge in [0.2, 0.25) is 0 Å². The lowest BCUT2D eigenvalue weighted by atomic mass is 10.1. The molecule has 0 aliphatic rings. The van der Waals surface area contributed by atoms with Crippen LogP contribution >= 0.6 is 0 Å². The molecule has 0 saturated heterocycles. The summed E-state index contributed by atoms with van der Waals surface area (Å²) in [4.78, 5) is 12.9. The van der Waals surface area contributed by atoms with E-state index in [4.69, 9.17) is 16.4 Å². The molecule has 80 valence electrons. The molecule has 0 aromatic heterocycles. The zero-order chi connectivity index (χ0) is 11.0. The molecule has 0 heterocycles. The van der Waals surface area contributed by atoms with E-state index in [1.165, 1.54) is 5.01 Å². The van der Waals surface area contributed by atoms with Crippen LogP contribution < -0.4 is 5.73 Å². The Kier molecular flexibility index (Phi) is 6.26. The summed E-state index contributed by atoms with van der Waals surface area (Å²) in [6.07, 6.45) is 1.91. The predicted molar refractivity (Wildman–Crippen MR) is 51.2 cm³/mol. The molecule has 0 amide bonds. The van der Waals surface area contributed by atoms with E-state index in [1.54, 1.807) is 7.05 Å². The fourth-order valence-corrected chi connectivity index (χ4v) is 0.941. The molecule has 0 saturated carbocycles. The zero-order valence-corrected chi connectivity index (χ0v) is 8.13. The average Bonchev–Trinajstić information content (AvgIpc) is 2.12. The summed E-state index contributed by atoms with van der Waals surface area (Å²) in [6, 6.07) is -0.792. The molecule has 3 N–H and O–H groups in total. The first-order valence-electron chi connectivity index (χ1n) is 4.32. The van der Waals surface area contributed by atoms with Crippen molar-refractivity contribution in [3.63, 3.8) is 0 Å². The summed E-state index contributed by atoms with van der Waals surface area (Å²) >= 11 is 0. The van der Waals surface area contributed by atoms with E-state index in [0.717, 1.165) is 6.42 Å². The highest BCUT2D eigenvalue weighted by Gasteiger charge is 2.10. The van der Waals surface area contributed by atoms with Crippen LogP contribution in [0.4, 0.5) is 0 Å². The number of hydrogen-bond donors (Lipinski definition) is 2. The van der Waals surface area contributed by atoms with Crippen molar-refractivity contribution in [2.45, 2.75) is 25.3 Å². The zero-order valence-electron chi connectivity index (χ0n) is 8.13. The van der Waals surface area contributed by atoms with Gasteiger partial charge in [-0.2, -0.15) is 4.91 Å². The normalized spacial score (nSPS) is 11.6. The molecule has 0 aromatic rings. The smallest absolute Gasteiger partial charge is 0.320 e. The van der Waals surface area contributed by atoms with Gasteiger partial charge in [0.05, 0.1) is 13.6 Å². The number of nitrogens with zero attached hydrogens (tertiary/aromatic N) is 4. The lowest BCUT2D eigenvalue weighted by Gasteiger charge is -2.08. The van der Waals surface area contributed by atoms with Crippen molar-refractivity contribution < 1.29 is 9.90 Å². The van der Waals surface area contributed by atoms with Crippen LogP contribution in [0.2, 0.25) is 0 Å². The summed E-state index contributed by atoms with van der Waals surface area (Å²) in [5.74, 6) is -0.978. The van der Waals surface area contributed by atoms with Crippen molar-refractivity contribution in [1.29, 1.82) is 0 Å². The summed E-state index contributed by atoms with van der Waals surface area (Å²) in [5, 5.41) is 13.3. The van der Waals surface area contributed by atoms with Crippen molar-refractivity contribution in [1.82, 2.24) is 5.01 Å². The van der Waals surface area contributed by atoms with Gasteiger partial charge in [0.15, 0.2) is 0 Å². The van der Waals surface area contributed by atoms with Gasteiger partial charge in [-0.05, 0) is 24.5 Å². The summed E-state index contributed by atoms with van der Waals surface area (Å²) in [7, 11) is 1.66. The van der Waals surface area contributed by atoms with Gasteiger partial charge < -0.3 is 10.8 Å². The van der Waals surface area contributed by atoms with Crippen LogP contribution in [0.1, 0.15) is 19.3 Å². The van der Waals surface area contributed by atoms with Gasteiger partial charge in [0, 0.05) is 0 Å².